The lowest BCUT2D eigenvalue weighted by Crippen LogP contribution is -2.47. The Balaban J connectivity index is 2.53. The molecule has 2 N–H and O–H groups in total. The van der Waals surface area contributed by atoms with Gasteiger partial charge in [-0.05, 0) is 20.4 Å². The van der Waals surface area contributed by atoms with Gasteiger partial charge in [-0.3, -0.25) is 4.90 Å². The van der Waals surface area contributed by atoms with E-state index in [0.29, 0.717) is 13.2 Å². The second-order valence-corrected chi connectivity index (χ2v) is 7.54. The first-order valence-corrected chi connectivity index (χ1v) is 7.87. The van der Waals surface area contributed by atoms with Gasteiger partial charge in [0, 0.05) is 18.6 Å². The molecule has 1 unspecified atom stereocenters. The summed E-state index contributed by atoms with van der Waals surface area (Å²) < 4.78 is 29.4. The topological polar surface area (TPSA) is 72.6 Å². The number of ether oxygens (including phenoxy) is 1. The number of morpholine rings is 1. The molecule has 1 atom stereocenters. The number of nitrogens with zero attached hydrogens (tertiary/aromatic N) is 1. The van der Waals surface area contributed by atoms with Crippen LogP contribution >= 0.6 is 0 Å². The molecule has 0 aliphatic carbocycles. The Labute approximate surface area is 104 Å². The molecule has 1 saturated heterocycles. The van der Waals surface area contributed by atoms with Gasteiger partial charge in [0.2, 0.25) is 0 Å². The maximum Gasteiger partial charge on any atom is 0.154 e. The minimum atomic E-state index is -3.15. The lowest BCUT2D eigenvalue weighted by Gasteiger charge is -2.32. The second-order valence-electron chi connectivity index (χ2n) is 5.43. The molecule has 0 saturated carbocycles. The van der Waals surface area contributed by atoms with Gasteiger partial charge in [0.1, 0.15) is 0 Å². The molecule has 0 radical (unpaired) electrons. The van der Waals surface area contributed by atoms with Gasteiger partial charge in [-0.2, -0.15) is 0 Å². The number of nitrogens with two attached hydrogens (primary N) is 1. The second kappa shape index (κ2) is 5.65. The minimum absolute atomic E-state index is 0.00594. The van der Waals surface area contributed by atoms with Gasteiger partial charge in [-0.1, -0.05) is 6.92 Å². The molecule has 5 nitrogen and oxygen atoms in total. The van der Waals surface area contributed by atoms with Crippen LogP contribution in [0.15, 0.2) is 0 Å². The number of likely N-dealkylation sites (N-methyl/N-ethyl adjacent to an activating group) is 1. The lowest BCUT2D eigenvalue weighted by molar-refractivity contribution is -0.0145. The molecule has 0 aromatic rings. The Kier molecular flexibility index (Phi) is 4.95. The van der Waals surface area contributed by atoms with Gasteiger partial charge in [0.15, 0.2) is 9.84 Å². The van der Waals surface area contributed by atoms with E-state index in [2.05, 4.69) is 11.8 Å². The molecular formula is C11H24N2O3S. The molecule has 0 amide bonds. The van der Waals surface area contributed by atoms with Crippen LogP contribution in [0.4, 0.5) is 0 Å². The SMILES string of the molecule is CCN1CCOC(CS(=O)(=O)CC(C)(C)N)C1. The highest BCUT2D eigenvalue weighted by Crippen LogP contribution is 2.11. The van der Waals surface area contributed by atoms with Gasteiger partial charge in [-0.15, -0.1) is 0 Å². The van der Waals surface area contributed by atoms with E-state index in [1.807, 2.05) is 0 Å². The Morgan fingerprint density at radius 1 is 1.47 bits per heavy atom. The van der Waals surface area contributed by atoms with Crippen LogP contribution < -0.4 is 5.73 Å². The standard InChI is InChI=1S/C11H24N2O3S/c1-4-13-5-6-16-10(7-13)8-17(14,15)9-11(2,3)12/h10H,4-9,12H2,1-3H3. The molecule has 0 bridgehead atoms. The van der Waals surface area contributed by atoms with Crippen LogP contribution in [0, 0.1) is 0 Å². The summed E-state index contributed by atoms with van der Waals surface area (Å²) >= 11 is 0. The third-order valence-corrected chi connectivity index (χ3v) is 4.77. The number of hydrogen-bond donors (Lipinski definition) is 1. The average molecular weight is 264 g/mol. The fourth-order valence-electron chi connectivity index (χ4n) is 2.08. The van der Waals surface area contributed by atoms with Crippen molar-refractivity contribution >= 4 is 9.84 Å². The van der Waals surface area contributed by atoms with Gasteiger partial charge in [0.05, 0.1) is 24.2 Å². The van der Waals surface area contributed by atoms with E-state index in [1.165, 1.54) is 0 Å². The molecule has 102 valence electrons. The summed E-state index contributed by atoms with van der Waals surface area (Å²) in [5, 5.41) is 0. The molecule has 17 heavy (non-hydrogen) atoms. The Morgan fingerprint density at radius 2 is 2.12 bits per heavy atom. The Hall–Kier alpha value is -0.170. The third kappa shape index (κ3) is 5.81. The van der Waals surface area contributed by atoms with Gasteiger partial charge >= 0.3 is 0 Å². The summed E-state index contributed by atoms with van der Waals surface area (Å²) in [5.41, 5.74) is 5.07. The average Bonchev–Trinajstić information content (AvgIpc) is 2.13. The summed E-state index contributed by atoms with van der Waals surface area (Å²) in [6.45, 7) is 8.65. The van der Waals surface area contributed by atoms with E-state index in [9.17, 15) is 8.42 Å². The molecular weight excluding hydrogens is 240 g/mol. The molecule has 0 spiro atoms. The normalized spacial score (nSPS) is 23.9. The van der Waals surface area contributed by atoms with E-state index < -0.39 is 15.4 Å². The van der Waals surface area contributed by atoms with Crippen LogP contribution in [0.5, 0.6) is 0 Å². The van der Waals surface area contributed by atoms with Crippen molar-refractivity contribution in [3.8, 4) is 0 Å². The van der Waals surface area contributed by atoms with Crippen molar-refractivity contribution in [2.75, 3.05) is 37.7 Å². The van der Waals surface area contributed by atoms with Crippen LogP contribution in [0.1, 0.15) is 20.8 Å². The molecule has 1 aliphatic rings. The molecule has 1 rings (SSSR count). The zero-order valence-corrected chi connectivity index (χ0v) is 11.8. The molecule has 1 aliphatic heterocycles. The van der Waals surface area contributed by atoms with Crippen molar-refractivity contribution in [3.05, 3.63) is 0 Å². The van der Waals surface area contributed by atoms with Crippen LogP contribution in [-0.2, 0) is 14.6 Å². The highest BCUT2D eigenvalue weighted by molar-refractivity contribution is 7.91. The van der Waals surface area contributed by atoms with Crippen LogP contribution in [0.25, 0.3) is 0 Å². The molecule has 1 heterocycles. The maximum atomic E-state index is 11.9. The third-order valence-electron chi connectivity index (χ3n) is 2.70. The van der Waals surface area contributed by atoms with E-state index in [1.54, 1.807) is 13.8 Å². The van der Waals surface area contributed by atoms with Crippen molar-refractivity contribution < 1.29 is 13.2 Å². The van der Waals surface area contributed by atoms with Crippen LogP contribution in [0.3, 0.4) is 0 Å². The van der Waals surface area contributed by atoms with Gasteiger partial charge < -0.3 is 10.5 Å². The fraction of sp³-hybridized carbons (Fsp3) is 1.00. The molecule has 0 aromatic carbocycles. The number of sulfone groups is 1. The molecule has 1 fully saturated rings. The maximum absolute atomic E-state index is 11.9. The smallest absolute Gasteiger partial charge is 0.154 e. The predicted octanol–water partition coefficient (Wildman–Crippen LogP) is -0.141. The highest BCUT2D eigenvalue weighted by atomic mass is 32.2. The van der Waals surface area contributed by atoms with Crippen molar-refractivity contribution in [1.82, 2.24) is 4.90 Å². The number of hydrogen-bond acceptors (Lipinski definition) is 5. The quantitative estimate of drug-likeness (QED) is 0.748. The van der Waals surface area contributed by atoms with Crippen molar-refractivity contribution in [2.45, 2.75) is 32.4 Å². The zero-order valence-electron chi connectivity index (χ0n) is 11.0. The van der Waals surface area contributed by atoms with Crippen LogP contribution in [0.2, 0.25) is 0 Å². The summed E-state index contributed by atoms with van der Waals surface area (Å²) in [4.78, 5) is 2.21. The fourth-order valence-corrected chi connectivity index (χ4v) is 4.10. The van der Waals surface area contributed by atoms with E-state index >= 15 is 0 Å². The Morgan fingerprint density at radius 3 is 2.65 bits per heavy atom. The van der Waals surface area contributed by atoms with E-state index in [4.69, 9.17) is 10.5 Å². The zero-order chi connectivity index (χ0) is 13.1. The lowest BCUT2D eigenvalue weighted by atomic mass is 10.1. The van der Waals surface area contributed by atoms with Crippen molar-refractivity contribution in [1.29, 1.82) is 0 Å². The monoisotopic (exact) mass is 264 g/mol. The van der Waals surface area contributed by atoms with Crippen molar-refractivity contribution in [2.24, 2.45) is 5.73 Å². The summed E-state index contributed by atoms with van der Waals surface area (Å²) in [7, 11) is -3.15. The Bertz CT molecular complexity index is 335. The largest absolute Gasteiger partial charge is 0.374 e. The summed E-state index contributed by atoms with van der Waals surface area (Å²) in [5.74, 6) is 0.0795. The van der Waals surface area contributed by atoms with Gasteiger partial charge in [-0.25, -0.2) is 8.42 Å². The first kappa shape index (κ1) is 14.9. The highest BCUT2D eigenvalue weighted by Gasteiger charge is 2.28. The van der Waals surface area contributed by atoms with Gasteiger partial charge in [0.25, 0.3) is 0 Å². The van der Waals surface area contributed by atoms with E-state index in [0.717, 1.165) is 13.1 Å². The van der Waals surface area contributed by atoms with E-state index in [-0.39, 0.29) is 17.6 Å². The molecule has 0 aromatic heterocycles. The van der Waals surface area contributed by atoms with Crippen LogP contribution in [-0.4, -0.2) is 62.7 Å². The molecule has 6 heteroatoms. The first-order chi connectivity index (χ1) is 7.72. The van der Waals surface area contributed by atoms with Crippen molar-refractivity contribution in [3.63, 3.8) is 0 Å². The predicted molar refractivity (Wildman–Crippen MR) is 68.8 cm³/mol. The first-order valence-electron chi connectivity index (χ1n) is 6.05. The minimum Gasteiger partial charge on any atom is -0.374 e. The number of rotatable bonds is 5. The summed E-state index contributed by atoms with van der Waals surface area (Å²) in [6.07, 6.45) is -0.212. The summed E-state index contributed by atoms with van der Waals surface area (Å²) in [6, 6.07) is 0.